The van der Waals surface area contributed by atoms with Gasteiger partial charge in [-0.05, 0) is 25.0 Å². The number of esters is 1. The maximum atomic E-state index is 11.1. The number of Topliss-reactive ketones (excluding diaryl/α,β-unsaturated/α-hetero) is 1. The molecular weight excluding hydrogens is 238 g/mol. The predicted molar refractivity (Wildman–Crippen MR) is 62.0 cm³/mol. The number of ketones is 1. The first-order valence-corrected chi connectivity index (χ1v) is 4.85. The van der Waals surface area contributed by atoms with Gasteiger partial charge in [0.15, 0.2) is 5.78 Å². The Morgan fingerprint density at radius 1 is 1.39 bits per heavy atom. The number of benzene rings is 1. The van der Waals surface area contributed by atoms with Gasteiger partial charge in [-0.3, -0.25) is 14.9 Å². The normalized spacial score (nSPS) is 9.00. The molecule has 0 spiro atoms. The molecule has 6 heteroatoms. The van der Waals surface area contributed by atoms with Crippen LogP contribution in [0.25, 0.3) is 0 Å². The van der Waals surface area contributed by atoms with Gasteiger partial charge in [-0.1, -0.05) is 0 Å². The molecule has 1 aromatic carbocycles. The molecule has 0 saturated carbocycles. The molecule has 6 nitrogen and oxygen atoms in total. The second kappa shape index (κ2) is 5.59. The second-order valence-electron chi connectivity index (χ2n) is 3.29. The van der Waals surface area contributed by atoms with Gasteiger partial charge in [0, 0.05) is 17.6 Å². The summed E-state index contributed by atoms with van der Waals surface area (Å²) in [6.45, 7) is 1.30. The zero-order valence-electron chi connectivity index (χ0n) is 9.72. The molecule has 0 amide bonds. The summed E-state index contributed by atoms with van der Waals surface area (Å²) in [6.07, 6.45) is 0. The molecule has 0 aliphatic carbocycles. The third kappa shape index (κ3) is 3.15. The van der Waals surface area contributed by atoms with Gasteiger partial charge >= 0.3 is 5.97 Å². The van der Waals surface area contributed by atoms with Gasteiger partial charge in [-0.25, -0.2) is 4.79 Å². The smallest absolute Gasteiger partial charge is 0.384 e. The summed E-state index contributed by atoms with van der Waals surface area (Å²) in [5.41, 5.74) is -0.0557. The van der Waals surface area contributed by atoms with Crippen molar-refractivity contribution in [3.8, 4) is 11.8 Å². The molecule has 0 radical (unpaired) electrons. The van der Waals surface area contributed by atoms with Crippen molar-refractivity contribution in [2.75, 3.05) is 7.11 Å². The summed E-state index contributed by atoms with van der Waals surface area (Å²) in [7, 11) is 1.16. The topological polar surface area (TPSA) is 86.5 Å². The minimum Gasteiger partial charge on any atom is -0.459 e. The number of nitro benzene ring substituents is 1. The van der Waals surface area contributed by atoms with E-state index in [0.29, 0.717) is 0 Å². The van der Waals surface area contributed by atoms with Crippen LogP contribution >= 0.6 is 0 Å². The maximum absolute atomic E-state index is 11.1. The Morgan fingerprint density at radius 2 is 2.06 bits per heavy atom. The van der Waals surface area contributed by atoms with Gasteiger partial charge in [0.1, 0.15) is 5.56 Å². The summed E-state index contributed by atoms with van der Waals surface area (Å²) in [5, 5.41) is 10.8. The van der Waals surface area contributed by atoms with Gasteiger partial charge in [0.05, 0.1) is 12.0 Å². The van der Waals surface area contributed by atoms with Crippen molar-refractivity contribution in [2.24, 2.45) is 0 Å². The van der Waals surface area contributed by atoms with Crippen molar-refractivity contribution in [2.45, 2.75) is 6.92 Å². The summed E-state index contributed by atoms with van der Waals surface area (Å²) in [6, 6.07) is 3.87. The molecule has 0 fully saturated rings. The van der Waals surface area contributed by atoms with E-state index in [9.17, 15) is 19.7 Å². The quantitative estimate of drug-likeness (QED) is 0.258. The lowest BCUT2D eigenvalue weighted by molar-refractivity contribution is -0.385. The van der Waals surface area contributed by atoms with E-state index < -0.39 is 10.9 Å². The van der Waals surface area contributed by atoms with Crippen molar-refractivity contribution in [3.05, 3.63) is 39.4 Å². The molecule has 92 valence electrons. The first-order chi connectivity index (χ1) is 8.45. The van der Waals surface area contributed by atoms with Crippen LogP contribution in [-0.4, -0.2) is 23.8 Å². The number of ether oxygens (including phenoxy) is 1. The third-order valence-electron chi connectivity index (χ3n) is 2.09. The molecule has 0 unspecified atom stereocenters. The summed E-state index contributed by atoms with van der Waals surface area (Å²) >= 11 is 0. The zero-order valence-corrected chi connectivity index (χ0v) is 9.72. The first kappa shape index (κ1) is 13.4. The number of nitrogens with zero attached hydrogens (tertiary/aromatic N) is 1. The molecule has 18 heavy (non-hydrogen) atoms. The van der Waals surface area contributed by atoms with Crippen molar-refractivity contribution in [1.82, 2.24) is 0 Å². The van der Waals surface area contributed by atoms with Gasteiger partial charge in [-0.2, -0.15) is 0 Å². The fourth-order valence-electron chi connectivity index (χ4n) is 1.18. The first-order valence-electron chi connectivity index (χ1n) is 4.85. The number of carbonyl (C=O) groups is 2. The Hall–Kier alpha value is -2.68. The maximum Gasteiger partial charge on any atom is 0.384 e. The highest BCUT2D eigenvalue weighted by molar-refractivity contribution is 5.95. The second-order valence-corrected chi connectivity index (χ2v) is 3.29. The molecule has 0 bridgehead atoms. The van der Waals surface area contributed by atoms with Gasteiger partial charge in [-0.15, -0.1) is 0 Å². The number of carbonyl (C=O) groups excluding carboxylic acids is 2. The molecule has 0 aliphatic heterocycles. The van der Waals surface area contributed by atoms with Crippen LogP contribution in [0.1, 0.15) is 22.8 Å². The summed E-state index contributed by atoms with van der Waals surface area (Å²) < 4.78 is 4.30. The van der Waals surface area contributed by atoms with Crippen LogP contribution in [0, 0.1) is 22.0 Å². The Bertz CT molecular complexity index is 580. The van der Waals surface area contributed by atoms with Crippen LogP contribution < -0.4 is 0 Å². The van der Waals surface area contributed by atoms with E-state index in [1.54, 1.807) is 0 Å². The largest absolute Gasteiger partial charge is 0.459 e. The fourth-order valence-corrected chi connectivity index (χ4v) is 1.18. The average Bonchev–Trinajstić information content (AvgIpc) is 2.35. The summed E-state index contributed by atoms with van der Waals surface area (Å²) in [5.74, 6) is 3.35. The molecule has 0 saturated heterocycles. The van der Waals surface area contributed by atoms with E-state index in [2.05, 4.69) is 16.6 Å². The summed E-state index contributed by atoms with van der Waals surface area (Å²) in [4.78, 5) is 32.1. The number of nitro groups is 1. The van der Waals surface area contributed by atoms with E-state index in [1.165, 1.54) is 19.1 Å². The number of hydrogen-bond donors (Lipinski definition) is 0. The molecule has 0 heterocycles. The van der Waals surface area contributed by atoms with Crippen molar-refractivity contribution in [1.29, 1.82) is 0 Å². The van der Waals surface area contributed by atoms with Gasteiger partial charge in [0.2, 0.25) is 0 Å². The van der Waals surface area contributed by atoms with E-state index >= 15 is 0 Å². The minimum absolute atomic E-state index is 0.0513. The van der Waals surface area contributed by atoms with E-state index in [1.807, 2.05) is 0 Å². The van der Waals surface area contributed by atoms with Crippen LogP contribution in [0.5, 0.6) is 0 Å². The Kier molecular flexibility index (Phi) is 4.16. The molecule has 1 rings (SSSR count). The highest BCUT2D eigenvalue weighted by atomic mass is 16.6. The third-order valence-corrected chi connectivity index (χ3v) is 2.09. The standard InChI is InChI=1S/C12H9NO5/c1-8(14)10-4-3-9(5-6-12(15)18-2)11(7-10)13(16)17/h3-4,7H,1-2H3. The Morgan fingerprint density at radius 3 is 2.56 bits per heavy atom. The van der Waals surface area contributed by atoms with Crippen LogP contribution in [0.15, 0.2) is 18.2 Å². The lowest BCUT2D eigenvalue weighted by atomic mass is 10.1. The van der Waals surface area contributed by atoms with Crippen molar-refractivity contribution >= 4 is 17.4 Å². The minimum atomic E-state index is -0.792. The SMILES string of the molecule is COC(=O)C#Cc1ccc(C(C)=O)cc1[N+](=O)[O-]. The number of methoxy groups -OCH3 is 1. The van der Waals surface area contributed by atoms with Gasteiger partial charge in [0.25, 0.3) is 5.69 Å². The highest BCUT2D eigenvalue weighted by Gasteiger charge is 2.14. The predicted octanol–water partition coefficient (Wildman–Crippen LogP) is 1.32. The number of hydrogen-bond acceptors (Lipinski definition) is 5. The lowest BCUT2D eigenvalue weighted by Crippen LogP contribution is -1.99. The monoisotopic (exact) mass is 247 g/mol. The van der Waals surface area contributed by atoms with Crippen LogP contribution in [0.4, 0.5) is 5.69 Å². The molecule has 0 aromatic heterocycles. The van der Waals surface area contributed by atoms with E-state index in [4.69, 9.17) is 0 Å². The van der Waals surface area contributed by atoms with Crippen LogP contribution in [0.2, 0.25) is 0 Å². The molecule has 0 atom stereocenters. The lowest BCUT2D eigenvalue weighted by Gasteiger charge is -1.98. The van der Waals surface area contributed by atoms with Crippen molar-refractivity contribution < 1.29 is 19.2 Å². The average molecular weight is 247 g/mol. The molecule has 0 N–H and O–H groups in total. The van der Waals surface area contributed by atoms with E-state index in [0.717, 1.165) is 13.2 Å². The zero-order chi connectivity index (χ0) is 13.7. The molecular formula is C12H9NO5. The Balaban J connectivity index is 3.27. The Labute approximate surface area is 103 Å². The number of rotatable bonds is 2. The van der Waals surface area contributed by atoms with Crippen LogP contribution in [0.3, 0.4) is 0 Å². The molecule has 1 aromatic rings. The fraction of sp³-hybridized carbons (Fsp3) is 0.167. The molecule has 0 aliphatic rings. The van der Waals surface area contributed by atoms with Gasteiger partial charge < -0.3 is 4.74 Å². The highest BCUT2D eigenvalue weighted by Crippen LogP contribution is 2.19. The van der Waals surface area contributed by atoms with Crippen LogP contribution in [-0.2, 0) is 9.53 Å². The van der Waals surface area contributed by atoms with E-state index in [-0.39, 0.29) is 22.6 Å². The van der Waals surface area contributed by atoms with Crippen molar-refractivity contribution in [3.63, 3.8) is 0 Å².